The summed E-state index contributed by atoms with van der Waals surface area (Å²) in [5.41, 5.74) is 0. The van der Waals surface area contributed by atoms with E-state index in [-0.39, 0.29) is 6.61 Å². The number of carbonyl (C=O) groups excluding carboxylic acids is 1. The lowest BCUT2D eigenvalue weighted by Gasteiger charge is -1.91. The second-order valence-corrected chi connectivity index (χ2v) is 1.80. The molecule has 0 heterocycles. The van der Waals surface area contributed by atoms with Gasteiger partial charge in [0.05, 0.1) is 5.88 Å². The fourth-order valence-corrected chi connectivity index (χ4v) is 0.358. The fraction of sp³-hybridized carbons (Fsp3) is 0.667. The monoisotopic (exact) mass is 186 g/mol. The van der Waals surface area contributed by atoms with Crippen molar-refractivity contribution in [1.29, 1.82) is 0 Å². The molecule has 0 spiro atoms. The highest BCUT2D eigenvalue weighted by Crippen LogP contribution is 1.89. The third-order valence-electron chi connectivity index (χ3n) is 0.293. The Balaban J connectivity index is 2.82. The van der Waals surface area contributed by atoms with Gasteiger partial charge in [0.2, 0.25) is 0 Å². The smallest absolute Gasteiger partial charge is 0.374 e. The van der Waals surface area contributed by atoms with E-state index in [0.29, 0.717) is 5.88 Å². The van der Waals surface area contributed by atoms with Crippen molar-refractivity contribution in [3.8, 4) is 0 Å². The lowest BCUT2D eigenvalue weighted by atomic mass is 10.9. The molecule has 42 valence electrons. The first-order chi connectivity index (χ1) is 3.27. The topological polar surface area (TPSA) is 26.3 Å². The second-order valence-electron chi connectivity index (χ2n) is 0.775. The van der Waals surface area contributed by atoms with Crippen LogP contribution < -0.4 is 0 Å². The number of alkyl halides is 1. The van der Waals surface area contributed by atoms with Gasteiger partial charge in [0, 0.05) is 15.9 Å². The van der Waals surface area contributed by atoms with Crippen LogP contribution in [0.3, 0.4) is 0 Å². The molecule has 0 bridgehead atoms. The third kappa shape index (κ3) is 6.24. The van der Waals surface area contributed by atoms with Crippen LogP contribution in [0.15, 0.2) is 0 Å². The highest BCUT2D eigenvalue weighted by Gasteiger charge is 1.89. The van der Waals surface area contributed by atoms with Gasteiger partial charge in [-0.05, 0) is 0 Å². The molecule has 0 aromatic heterocycles. The molecule has 2 nitrogen and oxygen atoms in total. The maximum atomic E-state index is 9.84. The summed E-state index contributed by atoms with van der Waals surface area (Å²) in [6.45, 7) is 0.269. The van der Waals surface area contributed by atoms with Gasteiger partial charge >= 0.3 is 4.88 Å². The molecule has 0 amide bonds. The van der Waals surface area contributed by atoms with E-state index in [1.807, 2.05) is 0 Å². The van der Waals surface area contributed by atoms with Crippen molar-refractivity contribution in [3.05, 3.63) is 0 Å². The molecule has 0 aromatic carbocycles. The molecule has 7 heavy (non-hydrogen) atoms. The zero-order chi connectivity index (χ0) is 5.70. The van der Waals surface area contributed by atoms with Crippen molar-refractivity contribution < 1.29 is 9.53 Å². The van der Waals surface area contributed by atoms with Crippen molar-refractivity contribution in [2.24, 2.45) is 0 Å². The van der Waals surface area contributed by atoms with Gasteiger partial charge in [0.25, 0.3) is 0 Å². The van der Waals surface area contributed by atoms with Crippen LogP contribution in [0, 0.1) is 0 Å². The first-order valence-corrected chi connectivity index (χ1v) is 2.98. The van der Waals surface area contributed by atoms with Crippen LogP contribution in [0.25, 0.3) is 0 Å². The van der Waals surface area contributed by atoms with Crippen LogP contribution in [0.5, 0.6) is 0 Å². The molecule has 4 heteroatoms. The molecule has 0 aliphatic rings. The van der Waals surface area contributed by atoms with Crippen molar-refractivity contribution >= 4 is 32.4 Å². The zero-order valence-corrected chi connectivity index (χ0v) is 5.83. The molecule has 0 fully saturated rings. The summed E-state index contributed by atoms with van der Waals surface area (Å²) in [7, 11) is 0. The van der Waals surface area contributed by atoms with Gasteiger partial charge < -0.3 is 4.74 Å². The Morgan fingerprint density at radius 2 is 2.43 bits per heavy atom. The molecule has 0 rings (SSSR count). The lowest BCUT2D eigenvalue weighted by Crippen LogP contribution is -1.95. The Hall–Kier alpha value is 0.240. The first-order valence-electron chi connectivity index (χ1n) is 1.65. The molecule has 0 N–H and O–H groups in total. The van der Waals surface area contributed by atoms with Crippen molar-refractivity contribution in [1.82, 2.24) is 0 Å². The number of hydrogen-bond acceptors (Lipinski definition) is 2. The maximum absolute atomic E-state index is 9.84. The highest BCUT2D eigenvalue weighted by molar-refractivity contribution is 9.18. The molecule has 0 saturated heterocycles. The van der Waals surface area contributed by atoms with Crippen molar-refractivity contribution in [2.45, 2.75) is 0 Å². The van der Waals surface area contributed by atoms with Crippen LogP contribution in [0.1, 0.15) is 0 Å². The zero-order valence-electron chi connectivity index (χ0n) is 3.49. The second kappa shape index (κ2) is 4.40. The predicted octanol–water partition coefficient (Wildman–Crippen LogP) is 1.76. The Morgan fingerprint density at radius 1 is 1.86 bits per heavy atom. The Labute approximate surface area is 54.9 Å². The number of rotatable bonds is 2. The third-order valence-corrected chi connectivity index (χ3v) is 0.676. The first kappa shape index (κ1) is 7.24. The van der Waals surface area contributed by atoms with E-state index >= 15 is 0 Å². The summed E-state index contributed by atoms with van der Waals surface area (Å²) in [6.07, 6.45) is 0. The minimum Gasteiger partial charge on any atom is -0.456 e. The number of ether oxygens (including phenoxy) is 1. The van der Waals surface area contributed by atoms with Crippen molar-refractivity contribution in [3.63, 3.8) is 0 Å². The van der Waals surface area contributed by atoms with E-state index < -0.39 is 4.88 Å². The molecule has 0 aliphatic heterocycles. The van der Waals surface area contributed by atoms with Crippen LogP contribution in [-0.2, 0) is 4.74 Å². The van der Waals surface area contributed by atoms with Gasteiger partial charge in [-0.15, -0.1) is 11.6 Å². The molecule has 0 aromatic rings. The molecule has 0 unspecified atom stereocenters. The van der Waals surface area contributed by atoms with Gasteiger partial charge in [0.15, 0.2) is 0 Å². The summed E-state index contributed by atoms with van der Waals surface area (Å²) in [6, 6.07) is 0. The number of hydrogen-bond donors (Lipinski definition) is 0. The number of halogens is 2. The molecular weight excluding hydrogens is 183 g/mol. The fourth-order valence-electron chi connectivity index (χ4n) is 0.119. The van der Waals surface area contributed by atoms with Gasteiger partial charge in [-0.1, -0.05) is 0 Å². The number of carbonyl (C=O) groups is 1. The Morgan fingerprint density at radius 3 is 2.57 bits per heavy atom. The average molecular weight is 187 g/mol. The van der Waals surface area contributed by atoms with E-state index in [4.69, 9.17) is 11.6 Å². The minimum atomic E-state index is -0.465. The summed E-state index contributed by atoms with van der Waals surface area (Å²) in [5, 5.41) is 0. The van der Waals surface area contributed by atoms with E-state index in [2.05, 4.69) is 20.7 Å². The SMILES string of the molecule is O=C(Br)OCCCl. The largest absolute Gasteiger partial charge is 0.456 e. The standard InChI is InChI=1S/C3H4BrClO2/c4-3(6)7-2-1-5/h1-2H2. The van der Waals surface area contributed by atoms with E-state index in [1.54, 1.807) is 0 Å². The predicted molar refractivity (Wildman–Crippen MR) is 31.0 cm³/mol. The van der Waals surface area contributed by atoms with E-state index in [1.165, 1.54) is 0 Å². The summed E-state index contributed by atoms with van der Waals surface area (Å²) >= 11 is 7.70. The molecular formula is C3H4BrClO2. The summed E-state index contributed by atoms with van der Waals surface area (Å²) in [4.78, 5) is 9.37. The van der Waals surface area contributed by atoms with Crippen LogP contribution in [-0.4, -0.2) is 17.4 Å². The molecule has 0 radical (unpaired) electrons. The van der Waals surface area contributed by atoms with E-state index in [9.17, 15) is 4.79 Å². The van der Waals surface area contributed by atoms with Crippen LogP contribution in [0.4, 0.5) is 4.79 Å². The van der Waals surface area contributed by atoms with Gasteiger partial charge in [-0.3, -0.25) is 0 Å². The van der Waals surface area contributed by atoms with Gasteiger partial charge in [-0.2, -0.15) is 0 Å². The Kier molecular flexibility index (Phi) is 4.55. The summed E-state index contributed by atoms with van der Waals surface area (Å²) in [5.74, 6) is 0.345. The quantitative estimate of drug-likeness (QED) is 0.486. The molecule has 0 atom stereocenters. The van der Waals surface area contributed by atoms with Crippen molar-refractivity contribution in [2.75, 3.05) is 12.5 Å². The Bertz CT molecular complexity index is 66.0. The highest BCUT2D eigenvalue weighted by atomic mass is 79.9. The maximum Gasteiger partial charge on any atom is 0.374 e. The molecule has 0 aliphatic carbocycles. The lowest BCUT2D eigenvalue weighted by molar-refractivity contribution is 0.184. The van der Waals surface area contributed by atoms with E-state index in [0.717, 1.165) is 0 Å². The normalized spacial score (nSPS) is 8.29. The van der Waals surface area contributed by atoms with Crippen LogP contribution >= 0.6 is 27.5 Å². The van der Waals surface area contributed by atoms with Gasteiger partial charge in [-0.25, -0.2) is 4.79 Å². The summed E-state index contributed by atoms with van der Waals surface area (Å²) < 4.78 is 4.34. The average Bonchev–Trinajstić information content (AvgIpc) is 1.61. The van der Waals surface area contributed by atoms with Gasteiger partial charge in [0.1, 0.15) is 6.61 Å². The van der Waals surface area contributed by atoms with Crippen LogP contribution in [0.2, 0.25) is 0 Å². The minimum absolute atomic E-state index is 0.269. The molecule has 0 saturated carbocycles.